The lowest BCUT2D eigenvalue weighted by atomic mass is 10.2. The third-order valence-electron chi connectivity index (χ3n) is 4.23. The van der Waals surface area contributed by atoms with Gasteiger partial charge in [-0.3, -0.25) is 23.9 Å². The molecule has 3 rings (SSSR count). The zero-order chi connectivity index (χ0) is 24.0. The van der Waals surface area contributed by atoms with Crippen molar-refractivity contribution in [3.05, 3.63) is 55.6 Å². The van der Waals surface area contributed by atoms with Gasteiger partial charge in [0, 0.05) is 13.1 Å². The zero-order valence-corrected chi connectivity index (χ0v) is 17.4. The molecular formula is C17H11ClF4N4O5S. The number of hydrogen-bond acceptors (Lipinski definition) is 6. The summed E-state index contributed by atoms with van der Waals surface area (Å²) in [5.41, 5.74) is -5.42. The molecule has 0 radical (unpaired) electrons. The van der Waals surface area contributed by atoms with Crippen LogP contribution in [0.2, 0.25) is 5.02 Å². The molecule has 15 heteroatoms. The molecule has 1 aliphatic rings. The molecule has 0 aliphatic carbocycles. The van der Waals surface area contributed by atoms with E-state index in [1.165, 1.54) is 0 Å². The first-order valence-corrected chi connectivity index (χ1v) is 9.81. The summed E-state index contributed by atoms with van der Waals surface area (Å²) < 4.78 is 54.0. The van der Waals surface area contributed by atoms with Crippen LogP contribution in [-0.4, -0.2) is 48.5 Å². The van der Waals surface area contributed by atoms with Crippen molar-refractivity contribution in [1.29, 1.82) is 0 Å². The molecule has 9 nitrogen and oxygen atoms in total. The summed E-state index contributed by atoms with van der Waals surface area (Å²) >= 11 is 6.83. The number of carbonyl (C=O) groups excluding carboxylic acids is 1. The van der Waals surface area contributed by atoms with Crippen LogP contribution in [0.3, 0.4) is 0 Å². The monoisotopic (exact) mass is 494 g/mol. The number of aliphatic carboxylic acids is 1. The van der Waals surface area contributed by atoms with Gasteiger partial charge >= 0.3 is 17.8 Å². The van der Waals surface area contributed by atoms with Gasteiger partial charge in [0.2, 0.25) is 5.91 Å². The summed E-state index contributed by atoms with van der Waals surface area (Å²) in [6.45, 7) is -0.699. The van der Waals surface area contributed by atoms with Crippen LogP contribution >= 0.6 is 23.4 Å². The van der Waals surface area contributed by atoms with Crippen LogP contribution in [0.5, 0.6) is 0 Å². The average molecular weight is 495 g/mol. The van der Waals surface area contributed by atoms with Crippen molar-refractivity contribution in [2.45, 2.75) is 6.18 Å². The van der Waals surface area contributed by atoms with E-state index in [2.05, 4.69) is 4.99 Å². The Morgan fingerprint density at radius 2 is 1.91 bits per heavy atom. The van der Waals surface area contributed by atoms with E-state index in [1.807, 2.05) is 0 Å². The molecule has 2 heterocycles. The second-order valence-corrected chi connectivity index (χ2v) is 7.70. The van der Waals surface area contributed by atoms with E-state index >= 15 is 0 Å². The van der Waals surface area contributed by atoms with Gasteiger partial charge in [0.15, 0.2) is 5.17 Å². The number of hydrogen-bond donors (Lipinski definition) is 1. The van der Waals surface area contributed by atoms with Crippen LogP contribution in [0.25, 0.3) is 5.69 Å². The van der Waals surface area contributed by atoms with Crippen LogP contribution in [0.1, 0.15) is 5.69 Å². The molecule has 0 atom stereocenters. The molecule has 1 N–H and O–H groups in total. The molecular weight excluding hydrogens is 484 g/mol. The van der Waals surface area contributed by atoms with Gasteiger partial charge in [0.05, 0.1) is 22.2 Å². The Hall–Kier alpha value is -3.13. The van der Waals surface area contributed by atoms with Crippen LogP contribution in [0, 0.1) is 5.82 Å². The minimum Gasteiger partial charge on any atom is -0.480 e. The molecule has 32 heavy (non-hydrogen) atoms. The number of halogens is 5. The molecule has 2 aromatic rings. The first kappa shape index (κ1) is 23.5. The van der Waals surface area contributed by atoms with E-state index in [0.29, 0.717) is 6.07 Å². The maximum absolute atomic E-state index is 14.6. The van der Waals surface area contributed by atoms with Crippen LogP contribution in [-0.2, 0) is 22.8 Å². The summed E-state index contributed by atoms with van der Waals surface area (Å²) in [5, 5.41) is 8.54. The first-order chi connectivity index (χ1) is 14.8. The first-order valence-electron chi connectivity index (χ1n) is 8.44. The molecule has 170 valence electrons. The van der Waals surface area contributed by atoms with Gasteiger partial charge in [-0.25, -0.2) is 18.7 Å². The van der Waals surface area contributed by atoms with Gasteiger partial charge in [-0.1, -0.05) is 23.4 Å². The van der Waals surface area contributed by atoms with Crippen molar-refractivity contribution in [2.24, 2.45) is 12.0 Å². The van der Waals surface area contributed by atoms with Gasteiger partial charge in [-0.05, 0) is 12.1 Å². The minimum absolute atomic E-state index is 0.0791. The van der Waals surface area contributed by atoms with Crippen LogP contribution < -0.4 is 11.2 Å². The minimum atomic E-state index is -5.00. The van der Waals surface area contributed by atoms with E-state index in [1.54, 1.807) is 0 Å². The van der Waals surface area contributed by atoms with Gasteiger partial charge in [-0.15, -0.1) is 0 Å². The fourth-order valence-corrected chi connectivity index (χ4v) is 3.86. The number of alkyl halides is 3. The number of aromatic nitrogens is 2. The normalized spacial score (nSPS) is 15.6. The van der Waals surface area contributed by atoms with E-state index in [4.69, 9.17) is 16.7 Å². The number of amidine groups is 1. The SMILES string of the molecule is Cn1c(C(F)(F)F)cc(=O)n(-c2cc(N=C3SCC(=O)N3CC(=O)O)c(Cl)cc2F)c1=O. The Labute approximate surface area is 184 Å². The molecule has 1 saturated heterocycles. The number of carbonyl (C=O) groups is 2. The Balaban J connectivity index is 2.18. The predicted molar refractivity (Wildman–Crippen MR) is 106 cm³/mol. The fourth-order valence-electron chi connectivity index (χ4n) is 2.78. The average Bonchev–Trinajstić information content (AvgIpc) is 3.00. The van der Waals surface area contributed by atoms with Crippen LogP contribution in [0.15, 0.2) is 32.8 Å². The number of benzene rings is 1. The van der Waals surface area contributed by atoms with E-state index in [-0.39, 0.29) is 36.8 Å². The third kappa shape index (κ3) is 4.41. The van der Waals surface area contributed by atoms with Crippen LogP contribution in [0.4, 0.5) is 23.2 Å². The van der Waals surface area contributed by atoms with E-state index < -0.39 is 53.0 Å². The molecule has 0 bridgehead atoms. The lowest BCUT2D eigenvalue weighted by Crippen LogP contribution is -2.41. The lowest BCUT2D eigenvalue weighted by Gasteiger charge is -2.15. The van der Waals surface area contributed by atoms with Crippen molar-refractivity contribution in [2.75, 3.05) is 12.3 Å². The lowest BCUT2D eigenvalue weighted by molar-refractivity contribution is -0.144. The van der Waals surface area contributed by atoms with Gasteiger partial charge in [-0.2, -0.15) is 13.2 Å². The topological polar surface area (TPSA) is 114 Å². The second kappa shape index (κ2) is 8.43. The molecule has 1 aliphatic heterocycles. The highest BCUT2D eigenvalue weighted by atomic mass is 35.5. The Morgan fingerprint density at radius 1 is 1.25 bits per heavy atom. The zero-order valence-electron chi connectivity index (χ0n) is 15.8. The number of thioether (sulfide) groups is 1. The second-order valence-electron chi connectivity index (χ2n) is 6.35. The summed E-state index contributed by atoms with van der Waals surface area (Å²) in [6, 6.07) is 1.66. The van der Waals surface area contributed by atoms with Gasteiger partial charge in [0.25, 0.3) is 5.56 Å². The van der Waals surface area contributed by atoms with Gasteiger partial charge < -0.3 is 5.11 Å². The predicted octanol–water partition coefficient (Wildman–Crippen LogP) is 1.99. The van der Waals surface area contributed by atoms with E-state index in [0.717, 1.165) is 29.8 Å². The Bertz CT molecular complexity index is 1290. The van der Waals surface area contributed by atoms with Crippen molar-refractivity contribution in [3.8, 4) is 5.69 Å². The van der Waals surface area contributed by atoms with Crippen molar-refractivity contribution >= 4 is 46.1 Å². The summed E-state index contributed by atoms with van der Waals surface area (Å²) in [5.74, 6) is -3.19. The standard InChI is InChI=1S/C17H11ClF4N4O5S/c1-24-11(17(20,21)22)4-12(27)26(16(24)31)10-3-9(7(18)2-8(10)19)23-15-25(5-14(29)30)13(28)6-32-15/h2-4H,5-6H2,1H3,(H,29,30). The molecule has 0 unspecified atom stereocenters. The molecule has 1 aromatic carbocycles. The number of nitrogens with zero attached hydrogens (tertiary/aromatic N) is 4. The summed E-state index contributed by atoms with van der Waals surface area (Å²) in [6.07, 6.45) is -5.00. The van der Waals surface area contributed by atoms with E-state index in [9.17, 15) is 36.7 Å². The highest BCUT2D eigenvalue weighted by molar-refractivity contribution is 8.15. The molecule has 0 spiro atoms. The number of aliphatic imine (C=N–C) groups is 1. The highest BCUT2D eigenvalue weighted by Gasteiger charge is 2.35. The maximum Gasteiger partial charge on any atom is 0.431 e. The number of carboxylic acid groups (broad SMARTS) is 1. The largest absolute Gasteiger partial charge is 0.480 e. The quantitative estimate of drug-likeness (QED) is 0.650. The fraction of sp³-hybridized carbons (Fsp3) is 0.235. The number of amides is 1. The molecule has 1 aromatic heterocycles. The van der Waals surface area contributed by atoms with Crippen molar-refractivity contribution < 1.29 is 32.3 Å². The highest BCUT2D eigenvalue weighted by Crippen LogP contribution is 2.32. The number of rotatable bonds is 4. The van der Waals surface area contributed by atoms with Gasteiger partial charge in [0.1, 0.15) is 18.1 Å². The van der Waals surface area contributed by atoms with Crippen molar-refractivity contribution in [3.63, 3.8) is 0 Å². The molecule has 1 fully saturated rings. The summed E-state index contributed by atoms with van der Waals surface area (Å²) in [7, 11) is 0.764. The molecule has 1 amide bonds. The third-order valence-corrected chi connectivity index (χ3v) is 5.50. The smallest absolute Gasteiger partial charge is 0.431 e. The Morgan fingerprint density at radius 3 is 2.50 bits per heavy atom. The number of carboxylic acids is 1. The summed E-state index contributed by atoms with van der Waals surface area (Å²) in [4.78, 5) is 52.4. The maximum atomic E-state index is 14.6. The molecule has 0 saturated carbocycles. The van der Waals surface area contributed by atoms with Crippen molar-refractivity contribution in [1.82, 2.24) is 14.0 Å². The Kier molecular flexibility index (Phi) is 6.20.